The number of hydrogen-bond donors (Lipinski definition) is 2. The van der Waals surface area contributed by atoms with E-state index in [1.165, 1.54) is 36.1 Å². The fourth-order valence-electron chi connectivity index (χ4n) is 2.37. The zero-order valence-corrected chi connectivity index (χ0v) is 15.7. The van der Waals surface area contributed by atoms with Crippen LogP contribution in [-0.2, 0) is 13.7 Å². The maximum absolute atomic E-state index is 13.1. The first kappa shape index (κ1) is 19.4. The average Bonchev–Trinajstić information content (AvgIpc) is 3.27. The van der Waals surface area contributed by atoms with Crippen LogP contribution in [0.1, 0.15) is 26.8 Å². The number of carbonyl (C=O) groups excluding carboxylic acids is 2. The summed E-state index contributed by atoms with van der Waals surface area (Å²) in [5.41, 5.74) is 0.332. The summed E-state index contributed by atoms with van der Waals surface area (Å²) >= 11 is 5.90. The number of amides is 2. The third-order valence-corrected chi connectivity index (χ3v) is 3.96. The van der Waals surface area contributed by atoms with Crippen LogP contribution in [-0.4, -0.2) is 28.6 Å². The van der Waals surface area contributed by atoms with E-state index in [0.717, 1.165) is 6.07 Å². The molecule has 0 saturated heterocycles. The maximum Gasteiger partial charge on any atom is 0.291 e. The molecule has 2 heterocycles. The zero-order valence-electron chi connectivity index (χ0n) is 15.0. The van der Waals surface area contributed by atoms with Crippen molar-refractivity contribution in [1.29, 1.82) is 0 Å². The minimum atomic E-state index is -0.552. The van der Waals surface area contributed by atoms with Crippen molar-refractivity contribution in [3.63, 3.8) is 0 Å². The number of carbonyl (C=O) groups is 2. The van der Waals surface area contributed by atoms with E-state index in [4.69, 9.17) is 20.8 Å². The Kier molecular flexibility index (Phi) is 5.65. The van der Waals surface area contributed by atoms with Crippen LogP contribution >= 0.6 is 11.6 Å². The second-order valence-electron chi connectivity index (χ2n) is 5.73. The summed E-state index contributed by atoms with van der Waals surface area (Å²) < 4.78 is 25.4. The van der Waals surface area contributed by atoms with E-state index in [-0.39, 0.29) is 34.5 Å². The molecule has 28 heavy (non-hydrogen) atoms. The Labute approximate surface area is 164 Å². The van der Waals surface area contributed by atoms with Crippen LogP contribution in [0, 0.1) is 5.82 Å². The second kappa shape index (κ2) is 8.13. The fourth-order valence-corrected chi connectivity index (χ4v) is 2.59. The molecule has 2 amide bonds. The number of aryl methyl sites for hydroxylation is 1. The number of furan rings is 1. The molecule has 8 nitrogen and oxygen atoms in total. The van der Waals surface area contributed by atoms with Crippen LogP contribution in [0.5, 0.6) is 5.75 Å². The average molecular weight is 407 g/mol. The van der Waals surface area contributed by atoms with E-state index in [1.54, 1.807) is 13.1 Å². The van der Waals surface area contributed by atoms with Gasteiger partial charge in [-0.05, 0) is 30.3 Å². The van der Waals surface area contributed by atoms with E-state index in [1.807, 2.05) is 0 Å². The Bertz CT molecular complexity index is 1030. The minimum absolute atomic E-state index is 0.00494. The van der Waals surface area contributed by atoms with Crippen LogP contribution < -0.4 is 15.4 Å². The molecule has 3 rings (SSSR count). The first-order chi connectivity index (χ1) is 13.4. The number of rotatable bonds is 6. The molecule has 2 N–H and O–H groups in total. The van der Waals surface area contributed by atoms with Gasteiger partial charge >= 0.3 is 0 Å². The lowest BCUT2D eigenvalue weighted by atomic mass is 10.3. The van der Waals surface area contributed by atoms with Crippen molar-refractivity contribution in [2.24, 2.45) is 7.05 Å². The normalized spacial score (nSPS) is 10.6. The molecule has 10 heteroatoms. The van der Waals surface area contributed by atoms with E-state index >= 15 is 0 Å². The molecule has 1 aromatic carbocycles. The summed E-state index contributed by atoms with van der Waals surface area (Å²) in [6.45, 7) is -0.00494. The Balaban J connectivity index is 1.67. The molecular weight excluding hydrogens is 391 g/mol. The number of hydrogen-bond acceptors (Lipinski definition) is 5. The predicted molar refractivity (Wildman–Crippen MR) is 99.0 cm³/mol. The summed E-state index contributed by atoms with van der Waals surface area (Å²) in [4.78, 5) is 24.2. The SMILES string of the molecule is CNC(=O)c1nn(C)cc1NC(=O)c1ccc(COc2ccc(F)cc2Cl)o1. The topological polar surface area (TPSA) is 98.4 Å². The molecule has 0 aliphatic carbocycles. The molecule has 0 spiro atoms. The van der Waals surface area contributed by atoms with Crippen LogP contribution in [0.15, 0.2) is 40.9 Å². The van der Waals surface area contributed by atoms with Gasteiger partial charge in [0.15, 0.2) is 11.5 Å². The summed E-state index contributed by atoms with van der Waals surface area (Å²) in [6, 6.07) is 6.79. The highest BCUT2D eigenvalue weighted by molar-refractivity contribution is 6.32. The molecule has 0 fully saturated rings. The molecule has 0 aliphatic rings. The summed E-state index contributed by atoms with van der Waals surface area (Å²) in [5.74, 6) is -0.777. The van der Waals surface area contributed by atoms with Gasteiger partial charge in [-0.25, -0.2) is 4.39 Å². The van der Waals surface area contributed by atoms with Crippen molar-refractivity contribution >= 4 is 29.1 Å². The lowest BCUT2D eigenvalue weighted by Crippen LogP contribution is -2.21. The lowest BCUT2D eigenvalue weighted by Gasteiger charge is -2.06. The molecule has 0 bridgehead atoms. The number of ether oxygens (including phenoxy) is 1. The Hall–Kier alpha value is -3.33. The lowest BCUT2D eigenvalue weighted by molar-refractivity contribution is 0.0958. The van der Waals surface area contributed by atoms with Crippen LogP contribution in [0.4, 0.5) is 10.1 Å². The van der Waals surface area contributed by atoms with E-state index in [0.29, 0.717) is 5.76 Å². The van der Waals surface area contributed by atoms with Crippen molar-refractivity contribution in [3.8, 4) is 5.75 Å². The molecule has 2 aromatic heterocycles. The highest BCUT2D eigenvalue weighted by Gasteiger charge is 2.19. The third kappa shape index (κ3) is 4.32. The smallest absolute Gasteiger partial charge is 0.291 e. The number of anilines is 1. The van der Waals surface area contributed by atoms with Gasteiger partial charge in [0, 0.05) is 20.3 Å². The maximum atomic E-state index is 13.1. The van der Waals surface area contributed by atoms with Crippen molar-refractivity contribution in [2.75, 3.05) is 12.4 Å². The Morgan fingerprint density at radius 1 is 1.29 bits per heavy atom. The van der Waals surface area contributed by atoms with Gasteiger partial charge in [0.25, 0.3) is 11.8 Å². The third-order valence-electron chi connectivity index (χ3n) is 3.67. The van der Waals surface area contributed by atoms with Crippen LogP contribution in [0.3, 0.4) is 0 Å². The van der Waals surface area contributed by atoms with Crippen molar-refractivity contribution in [2.45, 2.75) is 6.61 Å². The number of benzene rings is 1. The largest absolute Gasteiger partial charge is 0.484 e. The zero-order chi connectivity index (χ0) is 20.3. The van der Waals surface area contributed by atoms with Crippen molar-refractivity contribution < 1.29 is 23.1 Å². The number of halogens is 2. The van der Waals surface area contributed by atoms with Gasteiger partial charge in [0.1, 0.15) is 23.9 Å². The highest BCUT2D eigenvalue weighted by Crippen LogP contribution is 2.26. The Morgan fingerprint density at radius 2 is 2.07 bits per heavy atom. The predicted octanol–water partition coefficient (Wildman–Crippen LogP) is 3.00. The second-order valence-corrected chi connectivity index (χ2v) is 6.13. The minimum Gasteiger partial charge on any atom is -0.484 e. The van der Waals surface area contributed by atoms with Gasteiger partial charge < -0.3 is 19.8 Å². The summed E-state index contributed by atoms with van der Waals surface area (Å²) in [6.07, 6.45) is 1.51. The standard InChI is InChI=1S/C18H16ClFN4O4/c1-21-18(26)16-13(8-24(2)23-16)22-17(25)15-6-4-11(28-15)9-27-14-5-3-10(20)7-12(14)19/h3-8H,9H2,1-2H3,(H,21,26)(H,22,25). The van der Waals surface area contributed by atoms with Crippen molar-refractivity contribution in [3.05, 3.63) is 64.6 Å². The molecule has 0 radical (unpaired) electrons. The van der Waals surface area contributed by atoms with Crippen LogP contribution in [0.2, 0.25) is 5.02 Å². The molecule has 0 atom stereocenters. The highest BCUT2D eigenvalue weighted by atomic mass is 35.5. The van der Waals surface area contributed by atoms with Gasteiger partial charge in [-0.15, -0.1) is 0 Å². The molecule has 0 unspecified atom stereocenters. The van der Waals surface area contributed by atoms with Gasteiger partial charge in [-0.1, -0.05) is 11.6 Å². The first-order valence-corrected chi connectivity index (χ1v) is 8.49. The molecule has 146 valence electrons. The quantitative estimate of drug-likeness (QED) is 0.655. The number of nitrogens with zero attached hydrogens (tertiary/aromatic N) is 2. The molecule has 0 aliphatic heterocycles. The first-order valence-electron chi connectivity index (χ1n) is 8.11. The monoisotopic (exact) mass is 406 g/mol. The molecule has 3 aromatic rings. The fraction of sp³-hybridized carbons (Fsp3) is 0.167. The van der Waals surface area contributed by atoms with E-state index < -0.39 is 17.6 Å². The molecule has 0 saturated carbocycles. The van der Waals surface area contributed by atoms with Crippen molar-refractivity contribution in [1.82, 2.24) is 15.1 Å². The van der Waals surface area contributed by atoms with Gasteiger partial charge in [0.2, 0.25) is 0 Å². The summed E-state index contributed by atoms with van der Waals surface area (Å²) in [5, 5.41) is 9.18. The van der Waals surface area contributed by atoms with Crippen LogP contribution in [0.25, 0.3) is 0 Å². The van der Waals surface area contributed by atoms with E-state index in [2.05, 4.69) is 15.7 Å². The van der Waals surface area contributed by atoms with E-state index in [9.17, 15) is 14.0 Å². The Morgan fingerprint density at radius 3 is 2.79 bits per heavy atom. The number of aromatic nitrogens is 2. The number of nitrogens with one attached hydrogen (secondary N) is 2. The van der Waals surface area contributed by atoms with Gasteiger partial charge in [-0.2, -0.15) is 5.10 Å². The molecular formula is C18H16ClFN4O4. The van der Waals surface area contributed by atoms with Gasteiger partial charge in [0.05, 0.1) is 10.7 Å². The summed E-state index contributed by atoms with van der Waals surface area (Å²) in [7, 11) is 3.10. The van der Waals surface area contributed by atoms with Gasteiger partial charge in [-0.3, -0.25) is 14.3 Å².